The van der Waals surface area contributed by atoms with Gasteiger partial charge in [-0.15, -0.1) is 0 Å². The van der Waals surface area contributed by atoms with Crippen molar-refractivity contribution < 1.29 is 14.6 Å². The van der Waals surface area contributed by atoms with Crippen LogP contribution in [0, 0.1) is 0 Å². The molecule has 0 amide bonds. The van der Waals surface area contributed by atoms with E-state index in [4.69, 9.17) is 15.0 Å². The van der Waals surface area contributed by atoms with Crippen molar-refractivity contribution in [2.24, 2.45) is 5.11 Å². The maximum atomic E-state index is 9.19. The predicted molar refractivity (Wildman–Crippen MR) is 60.0 cm³/mol. The van der Waals surface area contributed by atoms with E-state index in [9.17, 15) is 5.11 Å². The first-order chi connectivity index (χ1) is 8.35. The molecule has 90 valence electrons. The summed E-state index contributed by atoms with van der Waals surface area (Å²) in [5.41, 5.74) is 9.26. The molecule has 3 atom stereocenters. The average molecular weight is 235 g/mol. The maximum absolute atomic E-state index is 9.19. The first-order valence-corrected chi connectivity index (χ1v) is 5.32. The fourth-order valence-corrected chi connectivity index (χ4v) is 1.71. The fourth-order valence-electron chi connectivity index (χ4n) is 1.71. The van der Waals surface area contributed by atoms with Gasteiger partial charge in [0.15, 0.2) is 6.29 Å². The Morgan fingerprint density at radius 2 is 2.18 bits per heavy atom. The number of ether oxygens (including phenoxy) is 2. The van der Waals surface area contributed by atoms with Gasteiger partial charge in [-0.25, -0.2) is 0 Å². The molecule has 0 bridgehead atoms. The number of rotatable bonds is 3. The second kappa shape index (κ2) is 5.65. The molecular weight excluding hydrogens is 222 g/mol. The number of hydrogen-bond donors (Lipinski definition) is 1. The summed E-state index contributed by atoms with van der Waals surface area (Å²) in [7, 11) is 0. The van der Waals surface area contributed by atoms with Gasteiger partial charge in [0.05, 0.1) is 25.4 Å². The molecule has 1 heterocycles. The molecule has 0 aliphatic carbocycles. The molecule has 0 radical (unpaired) electrons. The summed E-state index contributed by atoms with van der Waals surface area (Å²) in [6.07, 6.45) is -1.04. The van der Waals surface area contributed by atoms with Crippen molar-refractivity contribution in [2.45, 2.75) is 18.4 Å². The van der Waals surface area contributed by atoms with Crippen LogP contribution in [0.1, 0.15) is 11.9 Å². The molecule has 1 aliphatic heterocycles. The molecule has 1 N–H and O–H groups in total. The first-order valence-electron chi connectivity index (χ1n) is 5.32. The van der Waals surface area contributed by atoms with Crippen LogP contribution < -0.4 is 0 Å². The standard InChI is InChI=1S/C11H13N3O3/c12-14-13-9-7-16-11(17-10(9)6-15)8-4-2-1-3-5-8/h1-5,9-11,15H,6-7H2/t9-,10+,11?/m1/s1. The van der Waals surface area contributed by atoms with Crippen molar-refractivity contribution >= 4 is 0 Å². The Labute approximate surface area is 98.4 Å². The Morgan fingerprint density at radius 3 is 2.82 bits per heavy atom. The van der Waals surface area contributed by atoms with Crippen LogP contribution in [0.15, 0.2) is 35.4 Å². The number of aliphatic hydroxyl groups is 1. The molecule has 1 fully saturated rings. The van der Waals surface area contributed by atoms with E-state index in [-0.39, 0.29) is 13.2 Å². The van der Waals surface area contributed by atoms with Crippen LogP contribution in [0.2, 0.25) is 0 Å². The highest BCUT2D eigenvalue weighted by Gasteiger charge is 2.31. The summed E-state index contributed by atoms with van der Waals surface area (Å²) in [5, 5.41) is 12.7. The molecule has 1 aromatic carbocycles. The third-order valence-corrected chi connectivity index (χ3v) is 2.60. The van der Waals surface area contributed by atoms with Gasteiger partial charge in [0.1, 0.15) is 0 Å². The molecule has 1 aromatic rings. The SMILES string of the molecule is [N-]=[N+]=N[C@@H]1COC(c2ccccc2)O[C@H]1CO. The highest BCUT2D eigenvalue weighted by Crippen LogP contribution is 2.27. The number of benzene rings is 1. The fraction of sp³-hybridized carbons (Fsp3) is 0.455. The Morgan fingerprint density at radius 1 is 1.41 bits per heavy atom. The quantitative estimate of drug-likeness (QED) is 0.492. The molecule has 6 heteroatoms. The van der Waals surface area contributed by atoms with E-state index in [1.807, 2.05) is 30.3 Å². The van der Waals surface area contributed by atoms with Gasteiger partial charge in [0, 0.05) is 10.5 Å². The van der Waals surface area contributed by atoms with Gasteiger partial charge < -0.3 is 14.6 Å². The summed E-state index contributed by atoms with van der Waals surface area (Å²) in [6.45, 7) is 0.0469. The molecule has 0 saturated carbocycles. The number of nitrogens with zero attached hydrogens (tertiary/aromatic N) is 3. The van der Waals surface area contributed by atoms with Crippen LogP contribution >= 0.6 is 0 Å². The van der Waals surface area contributed by atoms with Crippen LogP contribution in [0.4, 0.5) is 0 Å². The maximum Gasteiger partial charge on any atom is 0.184 e. The molecule has 2 rings (SSSR count). The predicted octanol–water partition coefficient (Wildman–Crippen LogP) is 1.77. The Kier molecular flexibility index (Phi) is 3.95. The Hall–Kier alpha value is -1.59. The molecule has 0 spiro atoms. The third-order valence-electron chi connectivity index (χ3n) is 2.60. The van der Waals surface area contributed by atoms with E-state index in [1.165, 1.54) is 0 Å². The Balaban J connectivity index is 2.08. The first kappa shape index (κ1) is 11.9. The lowest BCUT2D eigenvalue weighted by molar-refractivity contribution is -0.231. The van der Waals surface area contributed by atoms with Crippen LogP contribution in [0.25, 0.3) is 10.4 Å². The molecule has 6 nitrogen and oxygen atoms in total. The van der Waals surface area contributed by atoms with E-state index in [1.54, 1.807) is 0 Å². The summed E-state index contributed by atoms with van der Waals surface area (Å²) in [4.78, 5) is 2.71. The molecule has 1 unspecified atom stereocenters. The van der Waals surface area contributed by atoms with Gasteiger partial charge in [0.25, 0.3) is 0 Å². The lowest BCUT2D eigenvalue weighted by Crippen LogP contribution is -2.41. The molecule has 1 saturated heterocycles. The van der Waals surface area contributed by atoms with Crippen LogP contribution in [0.3, 0.4) is 0 Å². The minimum Gasteiger partial charge on any atom is -0.394 e. The van der Waals surface area contributed by atoms with Crippen molar-refractivity contribution in [3.05, 3.63) is 46.3 Å². The summed E-state index contributed by atoms with van der Waals surface area (Å²) < 4.78 is 11.0. The number of azide groups is 1. The molecule has 17 heavy (non-hydrogen) atoms. The average Bonchev–Trinajstić information content (AvgIpc) is 2.40. The highest BCUT2D eigenvalue weighted by atomic mass is 16.7. The zero-order valence-electron chi connectivity index (χ0n) is 9.14. The second-order valence-electron chi connectivity index (χ2n) is 3.71. The molecular formula is C11H13N3O3. The van der Waals surface area contributed by atoms with Crippen molar-refractivity contribution in [3.8, 4) is 0 Å². The molecule has 1 aliphatic rings. The topological polar surface area (TPSA) is 87.5 Å². The largest absolute Gasteiger partial charge is 0.394 e. The smallest absolute Gasteiger partial charge is 0.184 e. The zero-order chi connectivity index (χ0) is 12.1. The summed E-state index contributed by atoms with van der Waals surface area (Å²) in [5.74, 6) is 0. The van der Waals surface area contributed by atoms with Gasteiger partial charge >= 0.3 is 0 Å². The Bertz CT molecular complexity index is 406. The summed E-state index contributed by atoms with van der Waals surface area (Å²) in [6, 6.07) is 8.95. The van der Waals surface area contributed by atoms with Gasteiger partial charge in [-0.05, 0) is 5.53 Å². The summed E-state index contributed by atoms with van der Waals surface area (Å²) >= 11 is 0. The number of aliphatic hydroxyl groups excluding tert-OH is 1. The van der Waals surface area contributed by atoms with Crippen molar-refractivity contribution in [1.29, 1.82) is 0 Å². The van der Waals surface area contributed by atoms with Gasteiger partial charge in [-0.3, -0.25) is 0 Å². The number of hydrogen-bond acceptors (Lipinski definition) is 4. The van der Waals surface area contributed by atoms with Crippen LogP contribution in [-0.4, -0.2) is 30.5 Å². The van der Waals surface area contributed by atoms with Gasteiger partial charge in [0.2, 0.25) is 0 Å². The minimum absolute atomic E-state index is 0.198. The highest BCUT2D eigenvalue weighted by molar-refractivity contribution is 5.16. The van der Waals surface area contributed by atoms with Crippen LogP contribution in [0.5, 0.6) is 0 Å². The third kappa shape index (κ3) is 2.75. The van der Waals surface area contributed by atoms with Crippen molar-refractivity contribution in [2.75, 3.05) is 13.2 Å². The van der Waals surface area contributed by atoms with Crippen molar-refractivity contribution in [3.63, 3.8) is 0 Å². The van der Waals surface area contributed by atoms with E-state index in [0.717, 1.165) is 5.56 Å². The lowest BCUT2D eigenvalue weighted by Gasteiger charge is -2.33. The van der Waals surface area contributed by atoms with Gasteiger partial charge in [-0.1, -0.05) is 35.4 Å². The minimum atomic E-state index is -0.523. The molecule has 0 aromatic heterocycles. The normalized spacial score (nSPS) is 28.4. The van der Waals surface area contributed by atoms with Crippen LogP contribution in [-0.2, 0) is 9.47 Å². The zero-order valence-corrected chi connectivity index (χ0v) is 9.14. The van der Waals surface area contributed by atoms with E-state index >= 15 is 0 Å². The van der Waals surface area contributed by atoms with Gasteiger partial charge in [-0.2, -0.15) is 0 Å². The monoisotopic (exact) mass is 235 g/mol. The van der Waals surface area contributed by atoms with Crippen molar-refractivity contribution in [1.82, 2.24) is 0 Å². The van der Waals surface area contributed by atoms with E-state index < -0.39 is 18.4 Å². The lowest BCUT2D eigenvalue weighted by atomic mass is 10.1. The second-order valence-corrected chi connectivity index (χ2v) is 3.71. The van der Waals surface area contributed by atoms with E-state index in [0.29, 0.717) is 0 Å². The van der Waals surface area contributed by atoms with E-state index in [2.05, 4.69) is 10.0 Å².